The average molecular weight is 424 g/mol. The fraction of sp³-hybridized carbons (Fsp3) is 0.440. The van der Waals surface area contributed by atoms with Crippen LogP contribution in [-0.4, -0.2) is 49.0 Å². The second-order valence-corrected chi connectivity index (χ2v) is 9.54. The molecule has 1 N–H and O–H groups in total. The number of fused-ring (bicyclic) bond motifs is 2. The zero-order valence-corrected chi connectivity index (χ0v) is 18.3. The molecule has 0 radical (unpaired) electrons. The van der Waals surface area contributed by atoms with E-state index in [0.717, 1.165) is 49.4 Å². The number of aryl methyl sites for hydroxylation is 1. The van der Waals surface area contributed by atoms with Crippen LogP contribution in [0.15, 0.2) is 42.5 Å². The number of rotatable bonds is 6. The molecule has 2 aromatic carbocycles. The molecule has 158 valence electrons. The molecule has 4 nitrogen and oxygen atoms in total. The Labute approximate surface area is 182 Å². The lowest BCUT2D eigenvalue weighted by molar-refractivity contribution is 0.0593. The maximum atomic E-state index is 10.5. The highest BCUT2D eigenvalue weighted by molar-refractivity contribution is 7.19. The number of thiophene rings is 1. The van der Waals surface area contributed by atoms with Crippen LogP contribution in [0.4, 0.5) is 0 Å². The van der Waals surface area contributed by atoms with Crippen molar-refractivity contribution in [1.29, 1.82) is 0 Å². The molecule has 5 heteroatoms. The molecule has 1 fully saturated rings. The molecule has 2 aliphatic heterocycles. The topological polar surface area (TPSA) is 41.9 Å². The van der Waals surface area contributed by atoms with Crippen molar-refractivity contribution in [3.8, 4) is 11.5 Å². The van der Waals surface area contributed by atoms with Crippen LogP contribution in [0.2, 0.25) is 0 Å². The number of hydrogen-bond acceptors (Lipinski definition) is 5. The molecular weight excluding hydrogens is 394 g/mol. The van der Waals surface area contributed by atoms with E-state index >= 15 is 0 Å². The van der Waals surface area contributed by atoms with E-state index in [1.807, 2.05) is 29.5 Å². The van der Waals surface area contributed by atoms with E-state index in [1.54, 1.807) is 4.88 Å². The molecule has 0 unspecified atom stereocenters. The van der Waals surface area contributed by atoms with Crippen molar-refractivity contribution in [2.75, 3.05) is 32.8 Å². The Morgan fingerprint density at radius 1 is 1.17 bits per heavy atom. The maximum Gasteiger partial charge on any atom is 0.126 e. The molecule has 30 heavy (non-hydrogen) atoms. The zero-order valence-electron chi connectivity index (χ0n) is 17.5. The monoisotopic (exact) mass is 423 g/mol. The first kappa shape index (κ1) is 19.9. The molecule has 1 atom stereocenters. The maximum absolute atomic E-state index is 10.5. The molecule has 2 aliphatic rings. The van der Waals surface area contributed by atoms with E-state index in [-0.39, 0.29) is 0 Å². The Morgan fingerprint density at radius 2 is 2.00 bits per heavy atom. The fourth-order valence-electron chi connectivity index (χ4n) is 4.82. The largest absolute Gasteiger partial charge is 0.493 e. The first-order valence-corrected chi connectivity index (χ1v) is 11.8. The number of likely N-dealkylation sites (tertiary alicyclic amines) is 1. The van der Waals surface area contributed by atoms with E-state index in [0.29, 0.717) is 25.7 Å². The Kier molecular flexibility index (Phi) is 5.68. The molecule has 1 aromatic heterocycles. The molecule has 0 bridgehead atoms. The van der Waals surface area contributed by atoms with Crippen molar-refractivity contribution in [3.63, 3.8) is 0 Å². The highest BCUT2D eigenvalue weighted by Gasteiger charge is 2.25. The zero-order chi connectivity index (χ0) is 20.5. The second kappa shape index (κ2) is 8.58. The van der Waals surface area contributed by atoms with E-state index in [9.17, 15) is 5.11 Å². The first-order chi connectivity index (χ1) is 14.7. The molecular formula is C25H29NO3S. The summed E-state index contributed by atoms with van der Waals surface area (Å²) < 4.78 is 12.9. The fourth-order valence-corrected chi connectivity index (χ4v) is 6.20. The third-order valence-corrected chi connectivity index (χ3v) is 7.87. The summed E-state index contributed by atoms with van der Waals surface area (Å²) in [4.78, 5) is 3.94. The Balaban J connectivity index is 1.13. The van der Waals surface area contributed by atoms with Crippen LogP contribution >= 0.6 is 11.3 Å². The molecule has 1 saturated heterocycles. The van der Waals surface area contributed by atoms with Crippen LogP contribution in [0.1, 0.15) is 34.8 Å². The quantitative estimate of drug-likeness (QED) is 0.620. The first-order valence-electron chi connectivity index (χ1n) is 10.9. The number of benzene rings is 2. The van der Waals surface area contributed by atoms with Crippen LogP contribution in [0.25, 0.3) is 10.1 Å². The highest BCUT2D eigenvalue weighted by Crippen LogP contribution is 2.40. The molecule has 0 saturated carbocycles. The summed E-state index contributed by atoms with van der Waals surface area (Å²) in [5.74, 6) is 2.41. The lowest BCUT2D eigenvalue weighted by atomic mass is 9.92. The van der Waals surface area contributed by atoms with Gasteiger partial charge in [0.2, 0.25) is 0 Å². The van der Waals surface area contributed by atoms with Crippen molar-refractivity contribution < 1.29 is 14.6 Å². The number of aliphatic hydroxyl groups is 1. The van der Waals surface area contributed by atoms with E-state index in [2.05, 4.69) is 36.1 Å². The van der Waals surface area contributed by atoms with Crippen molar-refractivity contribution in [1.82, 2.24) is 4.90 Å². The molecule has 0 aliphatic carbocycles. The summed E-state index contributed by atoms with van der Waals surface area (Å²) in [6.45, 7) is 6.04. The average Bonchev–Trinajstić information content (AvgIpc) is 3.38. The summed E-state index contributed by atoms with van der Waals surface area (Å²) in [6, 6.07) is 14.6. The lowest BCUT2D eigenvalue weighted by Gasteiger charge is -2.33. The van der Waals surface area contributed by atoms with Gasteiger partial charge in [-0.3, -0.25) is 0 Å². The van der Waals surface area contributed by atoms with Gasteiger partial charge in [0.25, 0.3) is 0 Å². The van der Waals surface area contributed by atoms with E-state index in [4.69, 9.17) is 9.47 Å². The normalized spacial score (nSPS) is 18.3. The van der Waals surface area contributed by atoms with Gasteiger partial charge < -0.3 is 19.5 Å². The molecule has 5 rings (SSSR count). The van der Waals surface area contributed by atoms with Crippen molar-refractivity contribution in [3.05, 3.63) is 58.5 Å². The third-order valence-electron chi connectivity index (χ3n) is 6.44. The number of nitrogens with zero attached hydrogens (tertiary/aromatic N) is 1. The summed E-state index contributed by atoms with van der Waals surface area (Å²) in [5.41, 5.74) is 2.59. The summed E-state index contributed by atoms with van der Waals surface area (Å²) >= 11 is 1.96. The van der Waals surface area contributed by atoms with Crippen LogP contribution < -0.4 is 9.47 Å². The SMILES string of the molecule is Cc1c(C2CCN(C[C@H](O)COc3cccc4c3CCO4)CC2)sc2ccccc12. The smallest absolute Gasteiger partial charge is 0.126 e. The lowest BCUT2D eigenvalue weighted by Crippen LogP contribution is -2.40. The van der Waals surface area contributed by atoms with Crippen molar-refractivity contribution >= 4 is 21.4 Å². The van der Waals surface area contributed by atoms with Gasteiger partial charge in [-0.15, -0.1) is 11.3 Å². The number of piperidine rings is 1. The molecule has 3 heterocycles. The van der Waals surface area contributed by atoms with Gasteiger partial charge in [-0.1, -0.05) is 24.3 Å². The van der Waals surface area contributed by atoms with Crippen molar-refractivity contribution in [2.24, 2.45) is 0 Å². The van der Waals surface area contributed by atoms with Gasteiger partial charge in [0.1, 0.15) is 24.2 Å². The van der Waals surface area contributed by atoms with Crippen LogP contribution in [0, 0.1) is 6.92 Å². The van der Waals surface area contributed by atoms with Gasteiger partial charge in [0.05, 0.1) is 6.61 Å². The summed E-state index contributed by atoms with van der Waals surface area (Å²) in [6.07, 6.45) is 2.72. The van der Waals surface area contributed by atoms with Crippen LogP contribution in [0.5, 0.6) is 11.5 Å². The summed E-state index contributed by atoms with van der Waals surface area (Å²) in [7, 11) is 0. The minimum absolute atomic E-state index is 0.325. The molecule has 0 spiro atoms. The Hall–Kier alpha value is -2.08. The number of β-amino-alcohol motifs (C(OH)–C–C–N with tert-alkyl or cyclic N) is 1. The number of hydrogen-bond donors (Lipinski definition) is 1. The summed E-state index contributed by atoms with van der Waals surface area (Å²) in [5, 5.41) is 11.9. The van der Waals surface area contributed by atoms with Gasteiger partial charge in [0.15, 0.2) is 0 Å². The van der Waals surface area contributed by atoms with Gasteiger partial charge in [0, 0.05) is 28.1 Å². The van der Waals surface area contributed by atoms with E-state index in [1.165, 1.54) is 15.6 Å². The molecule has 3 aromatic rings. The number of ether oxygens (including phenoxy) is 2. The predicted molar refractivity (Wildman–Crippen MR) is 122 cm³/mol. The standard InChI is InChI=1S/C25H29NO3S/c1-17-20-5-2-3-8-24(20)30-25(17)18-9-12-26(13-10-18)15-19(27)16-29-23-7-4-6-22-21(23)11-14-28-22/h2-8,18-19,27H,9-16H2,1H3/t19-/m0/s1. The van der Waals surface area contributed by atoms with Gasteiger partial charge in [-0.2, -0.15) is 0 Å². The van der Waals surface area contributed by atoms with Gasteiger partial charge in [-0.25, -0.2) is 0 Å². The Bertz CT molecular complexity index is 1020. The predicted octanol–water partition coefficient (Wildman–Crippen LogP) is 4.76. The van der Waals surface area contributed by atoms with Gasteiger partial charge >= 0.3 is 0 Å². The van der Waals surface area contributed by atoms with E-state index < -0.39 is 6.10 Å². The number of aliphatic hydroxyl groups excluding tert-OH is 1. The minimum Gasteiger partial charge on any atom is -0.493 e. The van der Waals surface area contributed by atoms with Crippen LogP contribution in [0.3, 0.4) is 0 Å². The molecule has 0 amide bonds. The Morgan fingerprint density at radius 3 is 2.83 bits per heavy atom. The second-order valence-electron chi connectivity index (χ2n) is 8.46. The van der Waals surface area contributed by atoms with Crippen LogP contribution in [-0.2, 0) is 6.42 Å². The minimum atomic E-state index is -0.481. The van der Waals surface area contributed by atoms with Gasteiger partial charge in [-0.05, 0) is 67.9 Å². The third kappa shape index (κ3) is 3.94. The van der Waals surface area contributed by atoms with Crippen molar-refractivity contribution in [2.45, 2.75) is 38.2 Å². The highest BCUT2D eigenvalue weighted by atomic mass is 32.1.